The summed E-state index contributed by atoms with van der Waals surface area (Å²) >= 11 is 0. The van der Waals surface area contributed by atoms with Gasteiger partial charge >= 0.3 is 0 Å². The molecular weight excluding hydrogens is 428 g/mol. The zero-order valence-electron chi connectivity index (χ0n) is 18.4. The molecule has 7 nitrogen and oxygen atoms in total. The number of hydrogen-bond donors (Lipinski definition) is 1. The van der Waals surface area contributed by atoms with Gasteiger partial charge in [-0.1, -0.05) is 35.9 Å². The Bertz CT molecular complexity index is 1190. The van der Waals surface area contributed by atoms with Crippen molar-refractivity contribution in [1.82, 2.24) is 24.5 Å². The lowest BCUT2D eigenvalue weighted by Gasteiger charge is -2.34. The Hall–Kier alpha value is -3.43. The van der Waals surface area contributed by atoms with E-state index >= 15 is 0 Å². The van der Waals surface area contributed by atoms with E-state index in [9.17, 15) is 13.9 Å². The molecule has 2 aromatic carbocycles. The molecule has 0 aliphatic carbocycles. The maximum Gasteiger partial charge on any atom is 0.138 e. The standard InChI is InChI=1S/C24H25F2N5O2/c1-17-3-5-19(6-4-17)12-30-10-9-21(29-30)13-33-18(2)24(32,14-31-16-27-15-28-31)22-8-7-20(25)11-23(22)26/h3-11,15-16,18,32H,12-14H2,1-2H3/t18-,24-/m1/s1. The summed E-state index contributed by atoms with van der Waals surface area (Å²) in [7, 11) is 0. The molecule has 172 valence electrons. The molecule has 2 aromatic heterocycles. The maximum absolute atomic E-state index is 14.6. The van der Waals surface area contributed by atoms with Gasteiger partial charge in [0.25, 0.3) is 0 Å². The van der Waals surface area contributed by atoms with Crippen molar-refractivity contribution in [3.8, 4) is 0 Å². The topological polar surface area (TPSA) is 78.0 Å². The van der Waals surface area contributed by atoms with Gasteiger partial charge in [-0.25, -0.2) is 18.4 Å². The van der Waals surface area contributed by atoms with E-state index in [0.29, 0.717) is 12.2 Å². The number of aryl methyl sites for hydroxylation is 1. The second-order valence-corrected chi connectivity index (χ2v) is 8.08. The lowest BCUT2D eigenvalue weighted by Crippen LogP contribution is -2.44. The molecule has 0 unspecified atom stereocenters. The molecule has 2 atom stereocenters. The molecule has 0 saturated heterocycles. The monoisotopic (exact) mass is 453 g/mol. The summed E-state index contributed by atoms with van der Waals surface area (Å²) in [6.45, 7) is 4.26. The van der Waals surface area contributed by atoms with Gasteiger partial charge in [-0.15, -0.1) is 0 Å². The summed E-state index contributed by atoms with van der Waals surface area (Å²) in [5.74, 6) is -1.59. The van der Waals surface area contributed by atoms with E-state index in [1.165, 1.54) is 29.0 Å². The number of aliphatic hydroxyl groups is 1. The van der Waals surface area contributed by atoms with Crippen molar-refractivity contribution in [2.75, 3.05) is 0 Å². The van der Waals surface area contributed by atoms with Crippen LogP contribution in [0.1, 0.15) is 29.3 Å². The average molecular weight is 453 g/mol. The highest BCUT2D eigenvalue weighted by Crippen LogP contribution is 2.32. The molecule has 33 heavy (non-hydrogen) atoms. The Labute approximate surface area is 190 Å². The molecule has 0 amide bonds. The first-order chi connectivity index (χ1) is 15.8. The van der Waals surface area contributed by atoms with E-state index in [1.807, 2.05) is 19.2 Å². The molecule has 1 N–H and O–H groups in total. The molecule has 9 heteroatoms. The fourth-order valence-electron chi connectivity index (χ4n) is 3.63. The van der Waals surface area contributed by atoms with Gasteiger partial charge in [0.1, 0.15) is 29.9 Å². The first-order valence-electron chi connectivity index (χ1n) is 10.5. The maximum atomic E-state index is 14.6. The molecule has 0 radical (unpaired) electrons. The highest BCUT2D eigenvalue weighted by atomic mass is 19.1. The predicted molar refractivity (Wildman–Crippen MR) is 117 cm³/mol. The van der Waals surface area contributed by atoms with Gasteiger partial charge in [-0.2, -0.15) is 10.2 Å². The summed E-state index contributed by atoms with van der Waals surface area (Å²) in [5.41, 5.74) is 1.07. The van der Waals surface area contributed by atoms with Crippen molar-refractivity contribution in [2.24, 2.45) is 0 Å². The number of hydrogen-bond acceptors (Lipinski definition) is 5. The van der Waals surface area contributed by atoms with Crippen molar-refractivity contribution in [2.45, 2.75) is 45.2 Å². The summed E-state index contributed by atoms with van der Waals surface area (Å²) in [5, 5.41) is 20.0. The average Bonchev–Trinajstić information content (AvgIpc) is 3.45. The number of benzene rings is 2. The molecule has 0 saturated carbocycles. The van der Waals surface area contributed by atoms with E-state index in [1.54, 1.807) is 11.6 Å². The molecule has 4 aromatic rings. The predicted octanol–water partition coefficient (Wildman–Crippen LogP) is 3.60. The lowest BCUT2D eigenvalue weighted by atomic mass is 9.88. The van der Waals surface area contributed by atoms with Crippen LogP contribution in [0.15, 0.2) is 67.4 Å². The Kier molecular flexibility index (Phi) is 6.62. The van der Waals surface area contributed by atoms with Gasteiger partial charge < -0.3 is 9.84 Å². The minimum atomic E-state index is -1.82. The quantitative estimate of drug-likeness (QED) is 0.419. The van der Waals surface area contributed by atoms with Crippen LogP contribution < -0.4 is 0 Å². The summed E-state index contributed by atoms with van der Waals surface area (Å²) in [6.07, 6.45) is 3.70. The molecule has 2 heterocycles. The largest absolute Gasteiger partial charge is 0.380 e. The minimum absolute atomic E-state index is 0.0863. The number of aromatic nitrogens is 5. The molecule has 0 aliphatic rings. The molecular formula is C24H25F2N5O2. The van der Waals surface area contributed by atoms with Crippen molar-refractivity contribution in [3.63, 3.8) is 0 Å². The van der Waals surface area contributed by atoms with Crippen LogP contribution in [0.3, 0.4) is 0 Å². The van der Waals surface area contributed by atoms with Gasteiger partial charge in [0, 0.05) is 17.8 Å². The van der Waals surface area contributed by atoms with Crippen LogP contribution in [-0.4, -0.2) is 35.8 Å². The first-order valence-corrected chi connectivity index (χ1v) is 10.5. The molecule has 0 aliphatic heterocycles. The Balaban J connectivity index is 1.48. The van der Waals surface area contributed by atoms with Crippen LogP contribution in [0.5, 0.6) is 0 Å². The Morgan fingerprint density at radius 2 is 1.88 bits per heavy atom. The Morgan fingerprint density at radius 3 is 2.58 bits per heavy atom. The zero-order valence-corrected chi connectivity index (χ0v) is 18.4. The molecule has 0 spiro atoms. The highest BCUT2D eigenvalue weighted by Gasteiger charge is 2.40. The number of nitrogens with zero attached hydrogens (tertiary/aromatic N) is 5. The van der Waals surface area contributed by atoms with Crippen LogP contribution in [0.4, 0.5) is 8.78 Å². The van der Waals surface area contributed by atoms with Crippen LogP contribution in [0.25, 0.3) is 0 Å². The molecule has 0 bridgehead atoms. The second kappa shape index (κ2) is 9.60. The summed E-state index contributed by atoms with van der Waals surface area (Å²) < 4.78 is 37.2. The molecule has 0 fully saturated rings. The second-order valence-electron chi connectivity index (χ2n) is 8.08. The third-order valence-electron chi connectivity index (χ3n) is 5.58. The Morgan fingerprint density at radius 1 is 1.09 bits per heavy atom. The van der Waals surface area contributed by atoms with Gasteiger partial charge in [0.05, 0.1) is 31.5 Å². The summed E-state index contributed by atoms with van der Waals surface area (Å²) in [4.78, 5) is 3.86. The van der Waals surface area contributed by atoms with Crippen LogP contribution in [0, 0.1) is 18.6 Å². The van der Waals surface area contributed by atoms with E-state index in [4.69, 9.17) is 4.74 Å². The summed E-state index contributed by atoms with van der Waals surface area (Å²) in [6, 6.07) is 13.1. The SMILES string of the molecule is Cc1ccc(Cn2ccc(CO[C@H](C)[C@](O)(Cn3cncn3)c3ccc(F)cc3F)n2)cc1. The fourth-order valence-corrected chi connectivity index (χ4v) is 3.63. The van der Waals surface area contributed by atoms with Gasteiger partial charge in [0.15, 0.2) is 0 Å². The first kappa shape index (κ1) is 22.8. The van der Waals surface area contributed by atoms with Crippen LogP contribution in [0.2, 0.25) is 0 Å². The number of ether oxygens (including phenoxy) is 1. The van der Waals surface area contributed by atoms with E-state index in [-0.39, 0.29) is 18.7 Å². The number of rotatable bonds is 9. The minimum Gasteiger partial charge on any atom is -0.380 e. The third-order valence-corrected chi connectivity index (χ3v) is 5.58. The van der Waals surface area contributed by atoms with Crippen LogP contribution >= 0.6 is 0 Å². The third kappa shape index (κ3) is 5.32. The number of halogens is 2. The zero-order chi connectivity index (χ0) is 23.4. The van der Waals surface area contributed by atoms with Crippen LogP contribution in [-0.2, 0) is 30.0 Å². The van der Waals surface area contributed by atoms with E-state index < -0.39 is 23.3 Å². The van der Waals surface area contributed by atoms with Crippen molar-refractivity contribution in [3.05, 3.63) is 101 Å². The molecule has 4 rings (SSSR count). The van der Waals surface area contributed by atoms with Gasteiger partial charge in [-0.3, -0.25) is 4.68 Å². The van der Waals surface area contributed by atoms with Gasteiger partial charge in [0.2, 0.25) is 0 Å². The van der Waals surface area contributed by atoms with Gasteiger partial charge in [-0.05, 0) is 31.5 Å². The van der Waals surface area contributed by atoms with Crippen molar-refractivity contribution >= 4 is 0 Å². The van der Waals surface area contributed by atoms with E-state index in [2.05, 4.69) is 39.4 Å². The normalized spacial score (nSPS) is 14.2. The fraction of sp³-hybridized carbons (Fsp3) is 0.292. The lowest BCUT2D eigenvalue weighted by molar-refractivity contribution is -0.124. The van der Waals surface area contributed by atoms with Crippen molar-refractivity contribution in [1.29, 1.82) is 0 Å². The van der Waals surface area contributed by atoms with Crippen molar-refractivity contribution < 1.29 is 18.6 Å². The highest BCUT2D eigenvalue weighted by molar-refractivity contribution is 5.26. The smallest absolute Gasteiger partial charge is 0.138 e. The van der Waals surface area contributed by atoms with E-state index in [0.717, 1.165) is 17.7 Å².